The molecule has 0 aliphatic heterocycles. The number of nitrogens with one attached hydrogen (secondary N) is 1. The molecule has 2 heterocycles. The molecule has 0 atom stereocenters. The summed E-state index contributed by atoms with van der Waals surface area (Å²) >= 11 is 0. The first-order valence-electron chi connectivity index (χ1n) is 7.20. The van der Waals surface area contributed by atoms with Crippen molar-refractivity contribution in [2.45, 2.75) is 26.4 Å². The van der Waals surface area contributed by atoms with Gasteiger partial charge in [-0.25, -0.2) is 9.67 Å². The molecule has 0 amide bonds. The van der Waals surface area contributed by atoms with Crippen LogP contribution in [0.2, 0.25) is 0 Å². The third-order valence-corrected chi connectivity index (χ3v) is 3.41. The van der Waals surface area contributed by atoms with Gasteiger partial charge in [0.25, 0.3) is 0 Å². The van der Waals surface area contributed by atoms with E-state index in [0.717, 1.165) is 30.9 Å². The third kappa shape index (κ3) is 3.13. The molecule has 5 nitrogen and oxygen atoms in total. The summed E-state index contributed by atoms with van der Waals surface area (Å²) in [5.41, 5.74) is 3.41. The zero-order valence-electron chi connectivity index (χ0n) is 12.1. The van der Waals surface area contributed by atoms with Crippen molar-refractivity contribution in [3.8, 4) is 5.69 Å². The van der Waals surface area contributed by atoms with Crippen molar-refractivity contribution >= 4 is 5.69 Å². The average Bonchev–Trinajstić information content (AvgIpc) is 3.18. The largest absolute Gasteiger partial charge is 0.379 e. The van der Waals surface area contributed by atoms with E-state index in [-0.39, 0.29) is 0 Å². The van der Waals surface area contributed by atoms with E-state index in [0.29, 0.717) is 0 Å². The normalized spacial score (nSPS) is 10.7. The van der Waals surface area contributed by atoms with Gasteiger partial charge in [0.15, 0.2) is 0 Å². The van der Waals surface area contributed by atoms with Gasteiger partial charge in [-0.2, -0.15) is 5.10 Å². The van der Waals surface area contributed by atoms with E-state index < -0.39 is 0 Å². The van der Waals surface area contributed by atoms with Crippen LogP contribution < -0.4 is 5.32 Å². The lowest BCUT2D eigenvalue weighted by atomic mass is 10.2. The zero-order valence-corrected chi connectivity index (χ0v) is 12.1. The predicted molar refractivity (Wildman–Crippen MR) is 83.4 cm³/mol. The molecule has 3 rings (SSSR count). The summed E-state index contributed by atoms with van der Waals surface area (Å²) in [6, 6.07) is 12.4. The zero-order chi connectivity index (χ0) is 14.5. The fourth-order valence-corrected chi connectivity index (χ4v) is 2.34. The van der Waals surface area contributed by atoms with Crippen LogP contribution in [0.1, 0.15) is 19.0 Å². The number of hydrogen-bond acceptors (Lipinski definition) is 3. The van der Waals surface area contributed by atoms with Crippen molar-refractivity contribution in [3.05, 3.63) is 60.9 Å². The van der Waals surface area contributed by atoms with Crippen LogP contribution in [0.15, 0.2) is 55.2 Å². The van der Waals surface area contributed by atoms with Crippen molar-refractivity contribution in [2.24, 2.45) is 0 Å². The number of benzene rings is 1. The average molecular weight is 281 g/mol. The van der Waals surface area contributed by atoms with Gasteiger partial charge < -0.3 is 9.88 Å². The highest BCUT2D eigenvalue weighted by atomic mass is 15.3. The van der Waals surface area contributed by atoms with E-state index in [1.807, 2.05) is 12.1 Å². The minimum Gasteiger partial charge on any atom is -0.379 e. The minimum atomic E-state index is 0.829. The maximum absolute atomic E-state index is 4.12. The standard InChI is InChI=1S/C16H19N5/c1-2-9-20-10-3-4-16(20)11-18-14-5-7-15(8-6-14)21-13-17-12-19-21/h3-8,10,12-13,18H,2,9,11H2,1H3. The summed E-state index contributed by atoms with van der Waals surface area (Å²) in [5, 5.41) is 7.57. The molecule has 0 aliphatic rings. The summed E-state index contributed by atoms with van der Waals surface area (Å²) in [5.74, 6) is 0. The summed E-state index contributed by atoms with van der Waals surface area (Å²) in [6.45, 7) is 4.09. The van der Waals surface area contributed by atoms with E-state index in [1.165, 1.54) is 12.0 Å². The molecule has 3 aromatic rings. The van der Waals surface area contributed by atoms with Crippen LogP contribution in [0, 0.1) is 0 Å². The van der Waals surface area contributed by atoms with Gasteiger partial charge in [-0.1, -0.05) is 6.92 Å². The molecule has 0 fully saturated rings. The highest BCUT2D eigenvalue weighted by Gasteiger charge is 2.01. The Labute approximate surface area is 124 Å². The smallest absolute Gasteiger partial charge is 0.138 e. The van der Waals surface area contributed by atoms with Gasteiger partial charge in [0.2, 0.25) is 0 Å². The van der Waals surface area contributed by atoms with Crippen molar-refractivity contribution in [2.75, 3.05) is 5.32 Å². The molecule has 0 saturated heterocycles. The van der Waals surface area contributed by atoms with Crippen LogP contribution >= 0.6 is 0 Å². The number of aromatic nitrogens is 4. The highest BCUT2D eigenvalue weighted by Crippen LogP contribution is 2.14. The molecule has 21 heavy (non-hydrogen) atoms. The lowest BCUT2D eigenvalue weighted by Gasteiger charge is -2.10. The first kappa shape index (κ1) is 13.4. The Hall–Kier alpha value is -2.56. The molecule has 0 radical (unpaired) electrons. The van der Waals surface area contributed by atoms with E-state index in [1.54, 1.807) is 11.0 Å². The molecule has 5 heteroatoms. The SMILES string of the molecule is CCCn1cccc1CNc1ccc(-n2cncn2)cc1. The van der Waals surface area contributed by atoms with Gasteiger partial charge in [-0.3, -0.25) is 0 Å². The molecule has 0 bridgehead atoms. The molecule has 1 N–H and O–H groups in total. The fraction of sp³-hybridized carbons (Fsp3) is 0.250. The Kier molecular flexibility index (Phi) is 4.00. The van der Waals surface area contributed by atoms with Crippen LogP contribution in [0.25, 0.3) is 5.69 Å². The third-order valence-electron chi connectivity index (χ3n) is 3.41. The Morgan fingerprint density at radius 1 is 1.14 bits per heavy atom. The maximum atomic E-state index is 4.12. The van der Waals surface area contributed by atoms with Gasteiger partial charge in [0.05, 0.1) is 12.2 Å². The van der Waals surface area contributed by atoms with Gasteiger partial charge in [-0.05, 0) is 42.8 Å². The van der Waals surface area contributed by atoms with Crippen LogP contribution in [-0.2, 0) is 13.1 Å². The highest BCUT2D eigenvalue weighted by molar-refractivity contribution is 5.48. The summed E-state index contributed by atoms with van der Waals surface area (Å²) in [7, 11) is 0. The van der Waals surface area contributed by atoms with Crippen molar-refractivity contribution in [3.63, 3.8) is 0 Å². The van der Waals surface area contributed by atoms with Gasteiger partial charge >= 0.3 is 0 Å². The lowest BCUT2D eigenvalue weighted by molar-refractivity contribution is 0.654. The predicted octanol–water partition coefficient (Wildman–Crippen LogP) is 3.09. The molecule has 0 saturated carbocycles. The second-order valence-corrected chi connectivity index (χ2v) is 4.93. The number of anilines is 1. The molecule has 0 unspecified atom stereocenters. The topological polar surface area (TPSA) is 47.7 Å². The molecule has 0 spiro atoms. The monoisotopic (exact) mass is 281 g/mol. The van der Waals surface area contributed by atoms with E-state index in [9.17, 15) is 0 Å². The molecular formula is C16H19N5. The minimum absolute atomic E-state index is 0.829. The molecule has 0 aliphatic carbocycles. The van der Waals surface area contributed by atoms with E-state index in [2.05, 4.69) is 57.4 Å². The molecular weight excluding hydrogens is 262 g/mol. The molecule has 2 aromatic heterocycles. The lowest BCUT2D eigenvalue weighted by Crippen LogP contribution is -2.07. The quantitative estimate of drug-likeness (QED) is 0.755. The van der Waals surface area contributed by atoms with Crippen LogP contribution in [-0.4, -0.2) is 19.3 Å². The Morgan fingerprint density at radius 2 is 2.00 bits per heavy atom. The van der Waals surface area contributed by atoms with Gasteiger partial charge in [0.1, 0.15) is 12.7 Å². The maximum Gasteiger partial charge on any atom is 0.138 e. The van der Waals surface area contributed by atoms with Crippen LogP contribution in [0.3, 0.4) is 0 Å². The second kappa shape index (κ2) is 6.26. The van der Waals surface area contributed by atoms with E-state index >= 15 is 0 Å². The van der Waals surface area contributed by atoms with E-state index in [4.69, 9.17) is 0 Å². The Bertz CT molecular complexity index is 667. The first-order valence-corrected chi connectivity index (χ1v) is 7.20. The number of aryl methyl sites for hydroxylation is 1. The number of nitrogens with zero attached hydrogens (tertiary/aromatic N) is 4. The molecule has 108 valence electrons. The second-order valence-electron chi connectivity index (χ2n) is 4.93. The number of rotatable bonds is 6. The van der Waals surface area contributed by atoms with Crippen molar-refractivity contribution in [1.82, 2.24) is 19.3 Å². The fourth-order valence-electron chi connectivity index (χ4n) is 2.34. The van der Waals surface area contributed by atoms with Gasteiger partial charge in [0, 0.05) is 24.1 Å². The Balaban J connectivity index is 1.64. The van der Waals surface area contributed by atoms with Crippen molar-refractivity contribution in [1.29, 1.82) is 0 Å². The molecule has 1 aromatic carbocycles. The summed E-state index contributed by atoms with van der Waals surface area (Å²) in [4.78, 5) is 3.95. The summed E-state index contributed by atoms with van der Waals surface area (Å²) < 4.78 is 4.03. The van der Waals surface area contributed by atoms with Crippen LogP contribution in [0.5, 0.6) is 0 Å². The van der Waals surface area contributed by atoms with Crippen LogP contribution in [0.4, 0.5) is 5.69 Å². The number of hydrogen-bond donors (Lipinski definition) is 1. The van der Waals surface area contributed by atoms with Crippen molar-refractivity contribution < 1.29 is 0 Å². The summed E-state index contributed by atoms with van der Waals surface area (Å²) in [6.07, 6.45) is 6.51. The first-order chi connectivity index (χ1) is 10.4. The Morgan fingerprint density at radius 3 is 2.71 bits per heavy atom. The van der Waals surface area contributed by atoms with Gasteiger partial charge in [-0.15, -0.1) is 0 Å².